The van der Waals surface area contributed by atoms with E-state index in [0.717, 1.165) is 25.3 Å². The molecule has 0 spiro atoms. The molecule has 2 N–H and O–H groups in total. The van der Waals surface area contributed by atoms with Crippen molar-refractivity contribution in [1.29, 1.82) is 0 Å². The fourth-order valence-electron chi connectivity index (χ4n) is 2.41. The minimum atomic E-state index is -0.237. The summed E-state index contributed by atoms with van der Waals surface area (Å²) in [5.41, 5.74) is 0.975. The molecule has 0 saturated heterocycles. The smallest absolute Gasteiger partial charge is 0.0669 e. The fourth-order valence-corrected chi connectivity index (χ4v) is 2.41. The molecule has 0 aromatic heterocycles. The normalized spacial score (nSPS) is 18.9. The number of aliphatic hydroxyl groups excluding tert-OH is 1. The highest BCUT2D eigenvalue weighted by molar-refractivity contribution is 5.24. The maximum absolute atomic E-state index is 9.83. The average Bonchev–Trinajstić information content (AvgIpc) is 3.20. The third-order valence-corrected chi connectivity index (χ3v) is 3.70. The Morgan fingerprint density at radius 3 is 2.53 bits per heavy atom. The Hall–Kier alpha value is -0.860. The molecule has 1 aromatic rings. The standard InChI is InChI=1S/C15H23NO/c1-2-10-15(12-17,16-11-13-8-9-13)14-6-4-3-5-7-14/h3-7,13,16-17H,2,8-12H2,1H3. The number of nitrogens with one attached hydrogen (secondary N) is 1. The number of rotatable bonds is 7. The Balaban J connectivity index is 2.14. The SMILES string of the molecule is CCCC(CO)(NCC1CC1)c1ccccc1. The van der Waals surface area contributed by atoms with Crippen LogP contribution < -0.4 is 5.32 Å². The molecule has 1 aromatic carbocycles. The van der Waals surface area contributed by atoms with Crippen LogP contribution in [0.2, 0.25) is 0 Å². The minimum Gasteiger partial charge on any atom is -0.394 e. The summed E-state index contributed by atoms with van der Waals surface area (Å²) in [4.78, 5) is 0. The van der Waals surface area contributed by atoms with Crippen LogP contribution >= 0.6 is 0 Å². The lowest BCUT2D eigenvalue weighted by Gasteiger charge is -2.34. The van der Waals surface area contributed by atoms with Crippen LogP contribution in [0.3, 0.4) is 0 Å². The quantitative estimate of drug-likeness (QED) is 0.759. The number of aliphatic hydroxyl groups is 1. The van der Waals surface area contributed by atoms with Crippen molar-refractivity contribution >= 4 is 0 Å². The second kappa shape index (κ2) is 5.65. The van der Waals surface area contributed by atoms with Crippen molar-refractivity contribution in [3.8, 4) is 0 Å². The Kier molecular flexibility index (Phi) is 4.19. The van der Waals surface area contributed by atoms with Crippen molar-refractivity contribution < 1.29 is 5.11 Å². The highest BCUT2D eigenvalue weighted by atomic mass is 16.3. The van der Waals surface area contributed by atoms with E-state index in [1.54, 1.807) is 0 Å². The largest absolute Gasteiger partial charge is 0.394 e. The van der Waals surface area contributed by atoms with E-state index in [-0.39, 0.29) is 12.1 Å². The van der Waals surface area contributed by atoms with Gasteiger partial charge in [0.25, 0.3) is 0 Å². The predicted octanol–water partition coefficient (Wildman–Crippen LogP) is 2.67. The molecule has 94 valence electrons. The lowest BCUT2D eigenvalue weighted by Crippen LogP contribution is -2.46. The van der Waals surface area contributed by atoms with E-state index < -0.39 is 0 Å². The zero-order valence-electron chi connectivity index (χ0n) is 10.7. The van der Waals surface area contributed by atoms with Crippen molar-refractivity contribution in [3.63, 3.8) is 0 Å². The maximum Gasteiger partial charge on any atom is 0.0669 e. The maximum atomic E-state index is 9.83. The van der Waals surface area contributed by atoms with Gasteiger partial charge in [-0.05, 0) is 37.3 Å². The van der Waals surface area contributed by atoms with Gasteiger partial charge in [-0.15, -0.1) is 0 Å². The summed E-state index contributed by atoms with van der Waals surface area (Å²) < 4.78 is 0. The average molecular weight is 233 g/mol. The summed E-state index contributed by atoms with van der Waals surface area (Å²) in [6, 6.07) is 10.4. The first-order chi connectivity index (χ1) is 8.30. The van der Waals surface area contributed by atoms with Crippen molar-refractivity contribution in [3.05, 3.63) is 35.9 Å². The van der Waals surface area contributed by atoms with Gasteiger partial charge in [-0.2, -0.15) is 0 Å². The molecule has 0 amide bonds. The topological polar surface area (TPSA) is 32.3 Å². The van der Waals surface area contributed by atoms with Gasteiger partial charge in [-0.1, -0.05) is 43.7 Å². The first-order valence-corrected chi connectivity index (χ1v) is 6.72. The van der Waals surface area contributed by atoms with Crippen LogP contribution in [-0.4, -0.2) is 18.3 Å². The molecular formula is C15H23NO. The second-order valence-corrected chi connectivity index (χ2v) is 5.18. The van der Waals surface area contributed by atoms with Crippen molar-refractivity contribution in [2.75, 3.05) is 13.2 Å². The third kappa shape index (κ3) is 3.08. The van der Waals surface area contributed by atoms with Gasteiger partial charge >= 0.3 is 0 Å². The van der Waals surface area contributed by atoms with Gasteiger partial charge in [-0.25, -0.2) is 0 Å². The lowest BCUT2D eigenvalue weighted by molar-refractivity contribution is 0.148. The van der Waals surface area contributed by atoms with E-state index >= 15 is 0 Å². The third-order valence-electron chi connectivity index (χ3n) is 3.70. The number of benzene rings is 1. The minimum absolute atomic E-state index is 0.178. The molecule has 17 heavy (non-hydrogen) atoms. The van der Waals surface area contributed by atoms with Crippen LogP contribution in [0.25, 0.3) is 0 Å². The molecule has 1 fully saturated rings. The van der Waals surface area contributed by atoms with Crippen LogP contribution in [-0.2, 0) is 5.54 Å². The van der Waals surface area contributed by atoms with E-state index in [0.29, 0.717) is 0 Å². The van der Waals surface area contributed by atoms with Gasteiger partial charge in [0, 0.05) is 0 Å². The molecule has 1 unspecified atom stereocenters. The summed E-state index contributed by atoms with van der Waals surface area (Å²) in [5.74, 6) is 0.835. The van der Waals surface area contributed by atoms with Crippen LogP contribution in [0.1, 0.15) is 38.2 Å². The Labute approximate surface area is 104 Å². The summed E-state index contributed by atoms with van der Waals surface area (Å²) >= 11 is 0. The van der Waals surface area contributed by atoms with Crippen LogP contribution in [0.5, 0.6) is 0 Å². The first-order valence-electron chi connectivity index (χ1n) is 6.72. The van der Waals surface area contributed by atoms with E-state index in [4.69, 9.17) is 0 Å². The second-order valence-electron chi connectivity index (χ2n) is 5.18. The van der Waals surface area contributed by atoms with E-state index in [1.807, 2.05) is 18.2 Å². The van der Waals surface area contributed by atoms with Gasteiger partial charge in [0.05, 0.1) is 12.1 Å². The molecule has 1 atom stereocenters. The molecule has 2 heteroatoms. The van der Waals surface area contributed by atoms with Crippen molar-refractivity contribution in [2.24, 2.45) is 5.92 Å². The van der Waals surface area contributed by atoms with Crippen molar-refractivity contribution in [2.45, 2.75) is 38.1 Å². The monoisotopic (exact) mass is 233 g/mol. The van der Waals surface area contributed by atoms with E-state index in [2.05, 4.69) is 24.4 Å². The van der Waals surface area contributed by atoms with E-state index in [1.165, 1.54) is 18.4 Å². The lowest BCUT2D eigenvalue weighted by atomic mass is 9.86. The molecule has 1 aliphatic carbocycles. The molecular weight excluding hydrogens is 210 g/mol. The van der Waals surface area contributed by atoms with Crippen LogP contribution in [0, 0.1) is 5.92 Å². The van der Waals surface area contributed by atoms with Crippen LogP contribution in [0.4, 0.5) is 0 Å². The summed E-state index contributed by atoms with van der Waals surface area (Å²) in [6.45, 7) is 3.39. The molecule has 0 radical (unpaired) electrons. The molecule has 0 bridgehead atoms. The Morgan fingerprint density at radius 2 is 2.00 bits per heavy atom. The number of hydrogen-bond donors (Lipinski definition) is 2. The summed E-state index contributed by atoms with van der Waals surface area (Å²) in [6.07, 6.45) is 4.75. The predicted molar refractivity (Wildman–Crippen MR) is 70.8 cm³/mol. The molecule has 0 heterocycles. The molecule has 0 aliphatic heterocycles. The molecule has 2 nitrogen and oxygen atoms in total. The number of hydrogen-bond acceptors (Lipinski definition) is 2. The van der Waals surface area contributed by atoms with Gasteiger partial charge in [0.2, 0.25) is 0 Å². The van der Waals surface area contributed by atoms with Crippen molar-refractivity contribution in [1.82, 2.24) is 5.32 Å². The highest BCUT2D eigenvalue weighted by Crippen LogP contribution is 2.31. The van der Waals surface area contributed by atoms with E-state index in [9.17, 15) is 5.11 Å². The summed E-state index contributed by atoms with van der Waals surface area (Å²) in [5, 5.41) is 13.4. The zero-order chi connectivity index (χ0) is 12.1. The molecule has 1 aliphatic rings. The zero-order valence-corrected chi connectivity index (χ0v) is 10.7. The van der Waals surface area contributed by atoms with Gasteiger partial charge in [0.1, 0.15) is 0 Å². The van der Waals surface area contributed by atoms with Gasteiger partial charge < -0.3 is 10.4 Å². The fraction of sp³-hybridized carbons (Fsp3) is 0.600. The highest BCUT2D eigenvalue weighted by Gasteiger charge is 2.32. The summed E-state index contributed by atoms with van der Waals surface area (Å²) in [7, 11) is 0. The van der Waals surface area contributed by atoms with Gasteiger partial charge in [0.15, 0.2) is 0 Å². The first kappa shape index (κ1) is 12.6. The molecule has 2 rings (SSSR count). The molecule has 1 saturated carbocycles. The van der Waals surface area contributed by atoms with Crippen LogP contribution in [0.15, 0.2) is 30.3 Å². The van der Waals surface area contributed by atoms with Gasteiger partial charge in [-0.3, -0.25) is 0 Å². The Bertz CT molecular complexity index is 334. The Morgan fingerprint density at radius 1 is 1.29 bits per heavy atom.